The Morgan fingerprint density at radius 1 is 0.974 bits per heavy atom. The second kappa shape index (κ2) is 11.0. The molecular formula is C31H40N2O6. The summed E-state index contributed by atoms with van der Waals surface area (Å²) >= 11 is 0. The van der Waals surface area contributed by atoms with Crippen molar-refractivity contribution in [3.8, 4) is 5.75 Å². The van der Waals surface area contributed by atoms with Gasteiger partial charge in [0.1, 0.15) is 11.3 Å². The fraction of sp³-hybridized carbons (Fsp3) is 0.484. The van der Waals surface area contributed by atoms with Crippen molar-refractivity contribution in [2.24, 2.45) is 0 Å². The number of piperazine rings is 1. The van der Waals surface area contributed by atoms with E-state index < -0.39 is 18.0 Å². The minimum atomic E-state index is -1.20. The molecule has 1 fully saturated rings. The first kappa shape index (κ1) is 28.6. The first-order chi connectivity index (χ1) is 18.3. The number of hydrogen-bond acceptors (Lipinski definition) is 6. The third kappa shape index (κ3) is 6.28. The van der Waals surface area contributed by atoms with E-state index in [1.165, 1.54) is 23.3 Å². The van der Waals surface area contributed by atoms with E-state index in [0.717, 1.165) is 50.3 Å². The van der Waals surface area contributed by atoms with Gasteiger partial charge in [-0.15, -0.1) is 0 Å². The molecule has 8 heteroatoms. The monoisotopic (exact) mass is 536 g/mol. The molecular weight excluding hydrogens is 496 g/mol. The van der Waals surface area contributed by atoms with Crippen LogP contribution in [0.2, 0.25) is 0 Å². The highest BCUT2D eigenvalue weighted by atomic mass is 16.4. The highest BCUT2D eigenvalue weighted by molar-refractivity contribution is 5.91. The number of hydrogen-bond donors (Lipinski definition) is 4. The summed E-state index contributed by atoms with van der Waals surface area (Å²) in [5.41, 5.74) is 4.83. The van der Waals surface area contributed by atoms with Crippen molar-refractivity contribution >= 4 is 23.7 Å². The molecule has 1 unspecified atom stereocenters. The number of rotatable bonds is 8. The number of carboxylic acid groups (broad SMARTS) is 2. The third-order valence-electron chi connectivity index (χ3n) is 8.34. The fourth-order valence-electron chi connectivity index (χ4n) is 5.81. The van der Waals surface area contributed by atoms with Crippen molar-refractivity contribution < 1.29 is 30.0 Å². The summed E-state index contributed by atoms with van der Waals surface area (Å²) in [6.07, 6.45) is 4.70. The van der Waals surface area contributed by atoms with Gasteiger partial charge in [0, 0.05) is 38.4 Å². The number of aromatic hydroxyl groups is 1. The minimum Gasteiger partial charge on any atom is -0.507 e. The lowest BCUT2D eigenvalue weighted by Crippen LogP contribution is -2.48. The lowest BCUT2D eigenvalue weighted by Gasteiger charge is -2.46. The Morgan fingerprint density at radius 2 is 1.64 bits per heavy atom. The molecule has 0 bridgehead atoms. The van der Waals surface area contributed by atoms with Gasteiger partial charge in [-0.3, -0.25) is 9.69 Å². The van der Waals surface area contributed by atoms with Crippen molar-refractivity contribution in [3.63, 3.8) is 0 Å². The molecule has 1 saturated heterocycles. The predicted octanol–water partition coefficient (Wildman–Crippen LogP) is 4.78. The second-order valence-electron chi connectivity index (χ2n) is 12.1. The first-order valence-electron chi connectivity index (χ1n) is 13.6. The standard InChI is InChI=1S/C31H40N2O6/c1-30(2)10-11-31(3,4)28-23(30)18-21(19-24(28)33-15-13-32(14-16-33)12-9-27(36)37)25(34)8-6-20-5-7-22(29(38)39)26(35)17-20/h5-8,17-19,25,34-35H,9-16H2,1-4H3,(H,36,37)(H,38,39). The van der Waals surface area contributed by atoms with Crippen LogP contribution in [0.5, 0.6) is 5.75 Å². The molecule has 2 aromatic carbocycles. The predicted molar refractivity (Wildman–Crippen MR) is 152 cm³/mol. The molecule has 39 heavy (non-hydrogen) atoms. The van der Waals surface area contributed by atoms with Crippen LogP contribution in [0.1, 0.15) is 85.7 Å². The second-order valence-corrected chi connectivity index (χ2v) is 12.1. The molecule has 0 spiro atoms. The van der Waals surface area contributed by atoms with Gasteiger partial charge in [-0.1, -0.05) is 52.0 Å². The molecule has 4 rings (SSSR count). The summed E-state index contributed by atoms with van der Waals surface area (Å²) in [6, 6.07) is 8.54. The lowest BCUT2D eigenvalue weighted by atomic mass is 9.62. The normalized spacial score (nSPS) is 19.6. The van der Waals surface area contributed by atoms with Crippen LogP contribution in [0.25, 0.3) is 6.08 Å². The summed E-state index contributed by atoms with van der Waals surface area (Å²) in [5.74, 6) is -2.29. The number of phenols is 1. The summed E-state index contributed by atoms with van der Waals surface area (Å²) in [4.78, 5) is 26.8. The van der Waals surface area contributed by atoms with E-state index in [-0.39, 0.29) is 28.6 Å². The number of aromatic carboxylic acids is 1. The van der Waals surface area contributed by atoms with E-state index in [4.69, 9.17) is 10.2 Å². The molecule has 1 atom stereocenters. The van der Waals surface area contributed by atoms with Crippen molar-refractivity contribution in [1.82, 2.24) is 4.90 Å². The largest absolute Gasteiger partial charge is 0.507 e. The summed E-state index contributed by atoms with van der Waals surface area (Å²) in [6.45, 7) is 12.8. The van der Waals surface area contributed by atoms with E-state index in [0.29, 0.717) is 12.1 Å². The quantitative estimate of drug-likeness (QED) is 0.380. The molecule has 1 aliphatic carbocycles. The molecule has 0 aromatic heterocycles. The van der Waals surface area contributed by atoms with Crippen molar-refractivity contribution in [1.29, 1.82) is 0 Å². The molecule has 210 valence electrons. The number of benzene rings is 2. The van der Waals surface area contributed by atoms with Crippen LogP contribution in [0, 0.1) is 0 Å². The van der Waals surface area contributed by atoms with Gasteiger partial charge in [-0.25, -0.2) is 4.79 Å². The maximum atomic E-state index is 11.3. The Kier molecular flexibility index (Phi) is 8.09. The van der Waals surface area contributed by atoms with Crippen LogP contribution in [0.3, 0.4) is 0 Å². The van der Waals surface area contributed by atoms with E-state index in [1.807, 2.05) is 0 Å². The molecule has 1 aliphatic heterocycles. The molecule has 8 nitrogen and oxygen atoms in total. The molecule has 0 amide bonds. The maximum Gasteiger partial charge on any atom is 0.339 e. The average Bonchev–Trinajstić information content (AvgIpc) is 2.88. The maximum absolute atomic E-state index is 11.3. The highest BCUT2D eigenvalue weighted by Gasteiger charge is 2.40. The van der Waals surface area contributed by atoms with Gasteiger partial charge in [-0.05, 0) is 64.1 Å². The SMILES string of the molecule is CC1(C)CCC(C)(C)c2c(N3CCN(CCC(=O)O)CC3)cc(C(O)C=Cc3ccc(C(=O)O)c(O)c3)cc21. The van der Waals surface area contributed by atoms with Gasteiger partial charge in [0.2, 0.25) is 0 Å². The zero-order chi connectivity index (χ0) is 28.5. The first-order valence-corrected chi connectivity index (χ1v) is 13.6. The molecule has 2 aromatic rings. The number of fused-ring (bicyclic) bond motifs is 1. The van der Waals surface area contributed by atoms with Gasteiger partial charge in [0.15, 0.2) is 0 Å². The van der Waals surface area contributed by atoms with E-state index in [2.05, 4.69) is 49.6 Å². The fourth-order valence-corrected chi connectivity index (χ4v) is 5.81. The smallest absolute Gasteiger partial charge is 0.339 e. The third-order valence-corrected chi connectivity index (χ3v) is 8.34. The zero-order valence-electron chi connectivity index (χ0n) is 23.3. The number of carbonyl (C=O) groups is 2. The lowest BCUT2D eigenvalue weighted by molar-refractivity contribution is -0.137. The summed E-state index contributed by atoms with van der Waals surface area (Å²) in [5, 5.41) is 39.5. The molecule has 2 aliphatic rings. The van der Waals surface area contributed by atoms with E-state index in [1.54, 1.807) is 18.2 Å². The molecule has 4 N–H and O–H groups in total. The van der Waals surface area contributed by atoms with Crippen LogP contribution < -0.4 is 4.90 Å². The number of aliphatic hydroxyl groups excluding tert-OH is 1. The Hall–Kier alpha value is -3.36. The Labute approximate surface area is 230 Å². The number of aliphatic hydroxyl groups is 1. The summed E-state index contributed by atoms with van der Waals surface area (Å²) < 4.78 is 0. The number of aliphatic carboxylic acids is 1. The Balaban J connectivity index is 1.67. The van der Waals surface area contributed by atoms with Crippen molar-refractivity contribution in [2.75, 3.05) is 37.6 Å². The van der Waals surface area contributed by atoms with Crippen LogP contribution in [-0.2, 0) is 15.6 Å². The summed E-state index contributed by atoms with van der Waals surface area (Å²) in [7, 11) is 0. The van der Waals surface area contributed by atoms with Gasteiger partial charge >= 0.3 is 11.9 Å². The van der Waals surface area contributed by atoms with Crippen molar-refractivity contribution in [3.05, 3.63) is 64.2 Å². The number of nitrogens with zero attached hydrogens (tertiary/aromatic N) is 2. The zero-order valence-corrected chi connectivity index (χ0v) is 23.3. The van der Waals surface area contributed by atoms with Crippen LogP contribution >= 0.6 is 0 Å². The van der Waals surface area contributed by atoms with Crippen molar-refractivity contribution in [2.45, 2.75) is 63.9 Å². The van der Waals surface area contributed by atoms with Gasteiger partial charge in [0.25, 0.3) is 0 Å². The molecule has 0 saturated carbocycles. The van der Waals surface area contributed by atoms with E-state index in [9.17, 15) is 19.8 Å². The Bertz CT molecular complexity index is 1270. The number of anilines is 1. The van der Waals surface area contributed by atoms with Crippen LogP contribution in [0.4, 0.5) is 5.69 Å². The van der Waals surface area contributed by atoms with Crippen LogP contribution in [0.15, 0.2) is 36.4 Å². The average molecular weight is 537 g/mol. The minimum absolute atomic E-state index is 0.0244. The van der Waals surface area contributed by atoms with Gasteiger partial charge in [-0.2, -0.15) is 0 Å². The van der Waals surface area contributed by atoms with Crippen LogP contribution in [-0.4, -0.2) is 70.0 Å². The molecule has 1 heterocycles. The highest BCUT2D eigenvalue weighted by Crippen LogP contribution is 2.50. The van der Waals surface area contributed by atoms with Gasteiger partial charge < -0.3 is 25.3 Å². The number of carboxylic acids is 2. The molecule has 0 radical (unpaired) electrons. The van der Waals surface area contributed by atoms with Gasteiger partial charge in [0.05, 0.1) is 12.5 Å². The van der Waals surface area contributed by atoms with E-state index >= 15 is 0 Å². The Morgan fingerprint density at radius 3 is 2.26 bits per heavy atom. The topological polar surface area (TPSA) is 122 Å².